The molecule has 1 unspecified atom stereocenters. The van der Waals surface area contributed by atoms with Crippen molar-refractivity contribution in [3.05, 3.63) is 5.69 Å². The number of aromatic nitrogens is 2. The first kappa shape index (κ1) is 12.3. The largest absolute Gasteiger partial charge is 0.357 e. The van der Waals surface area contributed by atoms with Crippen molar-refractivity contribution in [2.45, 2.75) is 32.9 Å². The van der Waals surface area contributed by atoms with Crippen LogP contribution in [0.1, 0.15) is 19.0 Å². The summed E-state index contributed by atoms with van der Waals surface area (Å²) >= 11 is 1.75. The van der Waals surface area contributed by atoms with Crippen LogP contribution in [0.15, 0.2) is 0 Å². The third kappa shape index (κ3) is 2.26. The highest BCUT2D eigenvalue weighted by molar-refractivity contribution is 7.98. The van der Waals surface area contributed by atoms with Gasteiger partial charge < -0.3 is 10.6 Å². The van der Waals surface area contributed by atoms with Crippen LogP contribution in [-0.4, -0.2) is 33.7 Å². The van der Waals surface area contributed by atoms with Gasteiger partial charge in [0.25, 0.3) is 0 Å². The molecule has 0 saturated carbocycles. The van der Waals surface area contributed by atoms with Crippen molar-refractivity contribution in [1.29, 1.82) is 0 Å². The van der Waals surface area contributed by atoms with E-state index in [0.29, 0.717) is 0 Å². The van der Waals surface area contributed by atoms with E-state index < -0.39 is 0 Å². The number of carbonyl (C=O) groups excluding carboxylic acids is 1. The highest BCUT2D eigenvalue weighted by Gasteiger charge is 2.29. The van der Waals surface area contributed by atoms with Crippen LogP contribution in [0.4, 0.5) is 11.5 Å². The molecule has 1 aromatic heterocycles. The molecule has 2 N–H and O–H groups in total. The zero-order valence-electron chi connectivity index (χ0n) is 10.4. The van der Waals surface area contributed by atoms with Gasteiger partial charge in [0.2, 0.25) is 5.91 Å². The van der Waals surface area contributed by atoms with E-state index in [1.54, 1.807) is 11.8 Å². The quantitative estimate of drug-likeness (QED) is 0.858. The van der Waals surface area contributed by atoms with E-state index in [1.807, 2.05) is 24.8 Å². The lowest BCUT2D eigenvalue weighted by molar-refractivity contribution is -0.117. The van der Waals surface area contributed by atoms with E-state index in [-0.39, 0.29) is 11.9 Å². The van der Waals surface area contributed by atoms with E-state index in [4.69, 9.17) is 0 Å². The fraction of sp³-hybridized carbons (Fsp3) is 0.636. The molecule has 0 fully saturated rings. The molecule has 0 bridgehead atoms. The fourth-order valence-electron chi connectivity index (χ4n) is 1.99. The van der Waals surface area contributed by atoms with Gasteiger partial charge in [-0.25, -0.2) is 4.68 Å². The van der Waals surface area contributed by atoms with Gasteiger partial charge in [-0.1, -0.05) is 0 Å². The predicted octanol–water partition coefficient (Wildman–Crippen LogP) is 1.70. The number of aryl methyl sites for hydroxylation is 2. The highest BCUT2D eigenvalue weighted by Crippen LogP contribution is 2.30. The Morgan fingerprint density at radius 1 is 1.53 bits per heavy atom. The Bertz CT molecular complexity index is 429. The van der Waals surface area contributed by atoms with Gasteiger partial charge in [-0.3, -0.25) is 4.79 Å². The first-order valence-electron chi connectivity index (χ1n) is 5.81. The summed E-state index contributed by atoms with van der Waals surface area (Å²) in [5.41, 5.74) is 1.70. The zero-order chi connectivity index (χ0) is 12.4. The van der Waals surface area contributed by atoms with E-state index >= 15 is 0 Å². The van der Waals surface area contributed by atoms with E-state index in [0.717, 1.165) is 35.9 Å². The Hall–Kier alpha value is -1.17. The lowest BCUT2D eigenvalue weighted by Gasteiger charge is -2.25. The third-order valence-electron chi connectivity index (χ3n) is 2.91. The lowest BCUT2D eigenvalue weighted by atomic mass is 10.1. The van der Waals surface area contributed by atoms with Crippen LogP contribution in [0.25, 0.3) is 0 Å². The van der Waals surface area contributed by atoms with Crippen molar-refractivity contribution in [2.75, 3.05) is 22.6 Å². The lowest BCUT2D eigenvalue weighted by Crippen LogP contribution is -2.39. The minimum Gasteiger partial charge on any atom is -0.357 e. The number of rotatable bonds is 4. The summed E-state index contributed by atoms with van der Waals surface area (Å²) in [5, 5.41) is 10.6. The van der Waals surface area contributed by atoms with Crippen LogP contribution in [0.3, 0.4) is 0 Å². The second-order valence-electron chi connectivity index (χ2n) is 4.09. The number of fused-ring (bicyclic) bond motifs is 1. The van der Waals surface area contributed by atoms with Crippen LogP contribution < -0.4 is 10.6 Å². The minimum absolute atomic E-state index is 0.0466. The van der Waals surface area contributed by atoms with Gasteiger partial charge in [0.15, 0.2) is 0 Å². The molecule has 0 saturated heterocycles. The predicted molar refractivity (Wildman–Crippen MR) is 71.7 cm³/mol. The second kappa shape index (κ2) is 5.00. The number of carbonyl (C=O) groups is 1. The summed E-state index contributed by atoms with van der Waals surface area (Å²) in [4.78, 5) is 11.9. The molecule has 1 aliphatic rings. The Kier molecular flexibility index (Phi) is 3.61. The number of hydrogen-bond donors (Lipinski definition) is 2. The SMILES string of the molecule is CCn1nc(C)c2c1NC(CCSC)C(=O)N2. The number of nitrogens with one attached hydrogen (secondary N) is 2. The fourth-order valence-corrected chi connectivity index (χ4v) is 2.46. The Balaban J connectivity index is 2.23. The maximum absolute atomic E-state index is 11.9. The minimum atomic E-state index is -0.142. The van der Waals surface area contributed by atoms with E-state index in [9.17, 15) is 4.79 Å². The Morgan fingerprint density at radius 2 is 2.29 bits per heavy atom. The monoisotopic (exact) mass is 254 g/mol. The third-order valence-corrected chi connectivity index (χ3v) is 3.56. The summed E-state index contributed by atoms with van der Waals surface area (Å²) in [6.45, 7) is 4.76. The van der Waals surface area contributed by atoms with Crippen LogP contribution in [0.5, 0.6) is 0 Å². The van der Waals surface area contributed by atoms with Crippen LogP contribution >= 0.6 is 11.8 Å². The maximum atomic E-state index is 11.9. The Morgan fingerprint density at radius 3 is 2.94 bits per heavy atom. The molecule has 6 heteroatoms. The number of amides is 1. The molecular weight excluding hydrogens is 236 g/mol. The molecule has 2 heterocycles. The molecule has 2 rings (SSSR count). The normalized spacial score (nSPS) is 18.5. The van der Waals surface area contributed by atoms with E-state index in [2.05, 4.69) is 15.7 Å². The average molecular weight is 254 g/mol. The van der Waals surface area contributed by atoms with E-state index in [1.165, 1.54) is 0 Å². The van der Waals surface area contributed by atoms with Crippen molar-refractivity contribution in [2.24, 2.45) is 0 Å². The summed E-state index contributed by atoms with van der Waals surface area (Å²) < 4.78 is 1.90. The molecule has 0 aromatic carbocycles. The van der Waals surface area contributed by atoms with Gasteiger partial charge in [-0.15, -0.1) is 0 Å². The molecule has 0 aliphatic carbocycles. The first-order valence-corrected chi connectivity index (χ1v) is 7.20. The molecule has 1 atom stereocenters. The van der Waals surface area contributed by atoms with Crippen molar-refractivity contribution >= 4 is 29.2 Å². The number of hydrogen-bond acceptors (Lipinski definition) is 4. The van der Waals surface area contributed by atoms with Gasteiger partial charge in [0.05, 0.1) is 5.69 Å². The molecular formula is C11H18N4OS. The Labute approximate surface area is 105 Å². The number of nitrogens with zero attached hydrogens (tertiary/aromatic N) is 2. The van der Waals surface area contributed by atoms with Gasteiger partial charge in [-0.05, 0) is 32.3 Å². The van der Waals surface area contributed by atoms with Gasteiger partial charge >= 0.3 is 0 Å². The standard InChI is InChI=1S/C11H18N4OS/c1-4-15-10-9(7(2)14-15)13-11(16)8(12-10)5-6-17-3/h8,12H,4-6H2,1-3H3,(H,13,16). The molecule has 0 radical (unpaired) electrons. The maximum Gasteiger partial charge on any atom is 0.247 e. The topological polar surface area (TPSA) is 59.0 Å². The molecule has 5 nitrogen and oxygen atoms in total. The zero-order valence-corrected chi connectivity index (χ0v) is 11.2. The molecule has 1 amide bonds. The molecule has 0 spiro atoms. The smallest absolute Gasteiger partial charge is 0.247 e. The van der Waals surface area contributed by atoms with Crippen LogP contribution in [0, 0.1) is 6.92 Å². The molecule has 1 aromatic rings. The second-order valence-corrected chi connectivity index (χ2v) is 5.08. The molecule has 1 aliphatic heterocycles. The molecule has 94 valence electrons. The molecule has 17 heavy (non-hydrogen) atoms. The summed E-state index contributed by atoms with van der Waals surface area (Å²) in [6, 6.07) is -0.142. The van der Waals surface area contributed by atoms with Gasteiger partial charge in [0.1, 0.15) is 17.5 Å². The summed E-state index contributed by atoms with van der Waals surface area (Å²) in [7, 11) is 0. The number of anilines is 2. The van der Waals surface area contributed by atoms with Crippen LogP contribution in [0.2, 0.25) is 0 Å². The first-order chi connectivity index (χ1) is 8.17. The number of thioether (sulfide) groups is 1. The van der Waals surface area contributed by atoms with Crippen LogP contribution in [-0.2, 0) is 11.3 Å². The summed E-state index contributed by atoms with van der Waals surface area (Å²) in [5.74, 6) is 1.96. The van der Waals surface area contributed by atoms with Crippen molar-refractivity contribution in [3.63, 3.8) is 0 Å². The van der Waals surface area contributed by atoms with Crippen molar-refractivity contribution in [3.8, 4) is 0 Å². The summed E-state index contributed by atoms with van der Waals surface area (Å²) in [6.07, 6.45) is 2.88. The van der Waals surface area contributed by atoms with Crippen molar-refractivity contribution in [1.82, 2.24) is 9.78 Å². The average Bonchev–Trinajstić information content (AvgIpc) is 2.63. The van der Waals surface area contributed by atoms with Crippen molar-refractivity contribution < 1.29 is 4.79 Å². The van der Waals surface area contributed by atoms with Gasteiger partial charge in [-0.2, -0.15) is 16.9 Å². The highest BCUT2D eigenvalue weighted by atomic mass is 32.2. The van der Waals surface area contributed by atoms with Gasteiger partial charge in [0, 0.05) is 6.54 Å².